The van der Waals surface area contributed by atoms with Gasteiger partial charge < -0.3 is 14.4 Å². The summed E-state index contributed by atoms with van der Waals surface area (Å²) in [5.41, 5.74) is 1.58. The van der Waals surface area contributed by atoms with Gasteiger partial charge in [-0.1, -0.05) is 0 Å². The largest absolute Gasteiger partial charge is 0.497 e. The van der Waals surface area contributed by atoms with Crippen LogP contribution in [0.3, 0.4) is 0 Å². The molecule has 0 radical (unpaired) electrons. The predicted molar refractivity (Wildman–Crippen MR) is 102 cm³/mol. The van der Waals surface area contributed by atoms with E-state index in [0.717, 1.165) is 11.3 Å². The molecule has 3 rings (SSSR count). The zero-order chi connectivity index (χ0) is 19.6. The number of carbonyl (C=O) groups excluding carboxylic acids is 1. The molecule has 0 fully saturated rings. The molecule has 2 aromatic carbocycles. The first-order valence-electron chi connectivity index (χ1n) is 8.45. The summed E-state index contributed by atoms with van der Waals surface area (Å²) in [5, 5.41) is 0. The second-order valence-electron chi connectivity index (χ2n) is 6.34. The topological polar surface area (TPSA) is 76.1 Å². The molecule has 1 aliphatic rings. The Kier molecular flexibility index (Phi) is 5.38. The van der Waals surface area contributed by atoms with Crippen molar-refractivity contribution in [3.8, 4) is 11.5 Å². The second kappa shape index (κ2) is 7.58. The zero-order valence-electron chi connectivity index (χ0n) is 15.5. The first kappa shape index (κ1) is 19.2. The van der Waals surface area contributed by atoms with Crippen molar-refractivity contribution in [3.05, 3.63) is 48.0 Å². The van der Waals surface area contributed by atoms with Crippen molar-refractivity contribution in [2.24, 2.45) is 0 Å². The molecule has 0 aromatic heterocycles. The van der Waals surface area contributed by atoms with Crippen LogP contribution in [0.15, 0.2) is 47.4 Å². The number of rotatable bonds is 6. The van der Waals surface area contributed by atoms with Crippen molar-refractivity contribution >= 4 is 21.6 Å². The Morgan fingerprint density at radius 3 is 2.41 bits per heavy atom. The Bertz CT molecular complexity index is 939. The van der Waals surface area contributed by atoms with Crippen LogP contribution in [0, 0.1) is 0 Å². The predicted octanol–water partition coefficient (Wildman–Crippen LogP) is 1.91. The quantitative estimate of drug-likeness (QED) is 0.753. The highest BCUT2D eigenvalue weighted by atomic mass is 32.2. The van der Waals surface area contributed by atoms with E-state index in [0.29, 0.717) is 24.5 Å². The van der Waals surface area contributed by atoms with Gasteiger partial charge in [0.2, 0.25) is 10.0 Å². The number of hydrogen-bond donors (Lipinski definition) is 0. The van der Waals surface area contributed by atoms with E-state index >= 15 is 0 Å². The third-order valence-electron chi connectivity index (χ3n) is 4.45. The molecule has 7 nitrogen and oxygen atoms in total. The molecule has 27 heavy (non-hydrogen) atoms. The number of sulfonamides is 1. The Hall–Kier alpha value is -2.58. The van der Waals surface area contributed by atoms with Crippen LogP contribution in [-0.4, -0.2) is 53.0 Å². The lowest BCUT2D eigenvalue weighted by atomic mass is 10.2. The highest BCUT2D eigenvalue weighted by Gasteiger charge is 2.27. The molecule has 1 heterocycles. The third kappa shape index (κ3) is 3.91. The van der Waals surface area contributed by atoms with E-state index < -0.39 is 10.0 Å². The van der Waals surface area contributed by atoms with Gasteiger partial charge in [-0.2, -0.15) is 0 Å². The summed E-state index contributed by atoms with van der Waals surface area (Å²) in [4.78, 5) is 14.4. The SMILES string of the molecule is COc1ccc(OCC(=O)N2CCc3cc(S(=O)(=O)N(C)C)ccc32)cc1. The average Bonchev–Trinajstić information content (AvgIpc) is 3.09. The molecular formula is C19H22N2O5S. The van der Waals surface area contributed by atoms with Crippen LogP contribution in [0.1, 0.15) is 5.56 Å². The highest BCUT2D eigenvalue weighted by molar-refractivity contribution is 7.89. The van der Waals surface area contributed by atoms with E-state index in [2.05, 4.69) is 0 Å². The van der Waals surface area contributed by atoms with Crippen molar-refractivity contribution in [1.82, 2.24) is 4.31 Å². The number of benzene rings is 2. The minimum Gasteiger partial charge on any atom is -0.497 e. The molecule has 0 aliphatic carbocycles. The fourth-order valence-corrected chi connectivity index (χ4v) is 3.86. The van der Waals surface area contributed by atoms with Crippen molar-refractivity contribution in [3.63, 3.8) is 0 Å². The van der Waals surface area contributed by atoms with Gasteiger partial charge in [-0.15, -0.1) is 0 Å². The summed E-state index contributed by atoms with van der Waals surface area (Å²) in [6.45, 7) is 0.412. The van der Waals surface area contributed by atoms with Gasteiger partial charge in [0.05, 0.1) is 12.0 Å². The molecule has 0 N–H and O–H groups in total. The monoisotopic (exact) mass is 390 g/mol. The number of ether oxygens (including phenoxy) is 2. The number of nitrogens with zero attached hydrogens (tertiary/aromatic N) is 2. The maximum atomic E-state index is 12.5. The number of carbonyl (C=O) groups is 1. The number of amides is 1. The summed E-state index contributed by atoms with van der Waals surface area (Å²) in [5.74, 6) is 1.12. The first-order valence-corrected chi connectivity index (χ1v) is 9.89. The lowest BCUT2D eigenvalue weighted by Gasteiger charge is -2.18. The van der Waals surface area contributed by atoms with E-state index in [9.17, 15) is 13.2 Å². The third-order valence-corrected chi connectivity index (χ3v) is 6.26. The minimum atomic E-state index is -3.49. The molecular weight excluding hydrogens is 368 g/mol. The van der Waals surface area contributed by atoms with E-state index in [-0.39, 0.29) is 17.4 Å². The zero-order valence-corrected chi connectivity index (χ0v) is 16.3. The number of fused-ring (bicyclic) bond motifs is 1. The van der Waals surface area contributed by atoms with Gasteiger partial charge in [-0.3, -0.25) is 4.79 Å². The molecule has 0 saturated carbocycles. The van der Waals surface area contributed by atoms with Crippen LogP contribution in [-0.2, 0) is 21.2 Å². The molecule has 0 spiro atoms. The summed E-state index contributed by atoms with van der Waals surface area (Å²) in [7, 11) is 1.08. The van der Waals surface area contributed by atoms with E-state index in [4.69, 9.17) is 9.47 Å². The van der Waals surface area contributed by atoms with Gasteiger partial charge in [-0.05, 0) is 54.4 Å². The summed E-state index contributed by atoms with van der Waals surface area (Å²) < 4.78 is 36.4. The van der Waals surface area contributed by atoms with E-state index in [1.807, 2.05) is 0 Å². The van der Waals surface area contributed by atoms with Crippen molar-refractivity contribution in [2.75, 3.05) is 39.3 Å². The van der Waals surface area contributed by atoms with Gasteiger partial charge in [-0.25, -0.2) is 12.7 Å². The number of hydrogen-bond acceptors (Lipinski definition) is 5. The lowest BCUT2D eigenvalue weighted by molar-refractivity contribution is -0.120. The molecule has 0 bridgehead atoms. The van der Waals surface area contributed by atoms with Crippen LogP contribution >= 0.6 is 0 Å². The lowest BCUT2D eigenvalue weighted by Crippen LogP contribution is -2.33. The average molecular weight is 390 g/mol. The molecule has 1 aliphatic heterocycles. The van der Waals surface area contributed by atoms with Crippen LogP contribution < -0.4 is 14.4 Å². The Labute approximate surface area is 159 Å². The molecule has 0 saturated heterocycles. The molecule has 1 amide bonds. The normalized spacial score (nSPS) is 13.6. The fraction of sp³-hybridized carbons (Fsp3) is 0.316. The van der Waals surface area contributed by atoms with Crippen molar-refractivity contribution < 1.29 is 22.7 Å². The smallest absolute Gasteiger partial charge is 0.264 e. The van der Waals surface area contributed by atoms with Gasteiger partial charge >= 0.3 is 0 Å². The van der Waals surface area contributed by atoms with Crippen LogP contribution in [0.2, 0.25) is 0 Å². The summed E-state index contributed by atoms with van der Waals surface area (Å²) in [6.07, 6.45) is 0.612. The van der Waals surface area contributed by atoms with Gasteiger partial charge in [0.15, 0.2) is 6.61 Å². The number of anilines is 1. The first-order chi connectivity index (χ1) is 12.8. The Balaban J connectivity index is 1.70. The van der Waals surface area contributed by atoms with Crippen LogP contribution in [0.25, 0.3) is 0 Å². The van der Waals surface area contributed by atoms with Crippen LogP contribution in [0.5, 0.6) is 11.5 Å². The van der Waals surface area contributed by atoms with Crippen molar-refractivity contribution in [1.29, 1.82) is 0 Å². The van der Waals surface area contributed by atoms with E-state index in [1.165, 1.54) is 24.5 Å². The van der Waals surface area contributed by atoms with Gasteiger partial charge in [0.25, 0.3) is 5.91 Å². The Morgan fingerprint density at radius 1 is 1.11 bits per heavy atom. The molecule has 8 heteroatoms. The number of methoxy groups -OCH3 is 1. The highest BCUT2D eigenvalue weighted by Crippen LogP contribution is 2.31. The molecule has 2 aromatic rings. The summed E-state index contributed by atoms with van der Waals surface area (Å²) >= 11 is 0. The Morgan fingerprint density at radius 2 is 1.78 bits per heavy atom. The fourth-order valence-electron chi connectivity index (χ4n) is 2.90. The standard InChI is InChI=1S/C19H22N2O5S/c1-20(2)27(23,24)17-8-9-18-14(12-17)10-11-21(18)19(22)13-26-16-6-4-15(25-3)5-7-16/h4-9,12H,10-11,13H2,1-3H3. The second-order valence-corrected chi connectivity index (χ2v) is 8.49. The van der Waals surface area contributed by atoms with Crippen LogP contribution in [0.4, 0.5) is 5.69 Å². The van der Waals surface area contributed by atoms with Crippen molar-refractivity contribution in [2.45, 2.75) is 11.3 Å². The summed E-state index contributed by atoms with van der Waals surface area (Å²) in [6, 6.07) is 11.9. The minimum absolute atomic E-state index is 0.0937. The van der Waals surface area contributed by atoms with Gasteiger partial charge in [0, 0.05) is 26.3 Å². The van der Waals surface area contributed by atoms with Gasteiger partial charge in [0.1, 0.15) is 11.5 Å². The maximum absolute atomic E-state index is 12.5. The molecule has 144 valence electrons. The molecule has 0 atom stereocenters. The van der Waals surface area contributed by atoms with E-state index in [1.54, 1.807) is 48.4 Å². The maximum Gasteiger partial charge on any atom is 0.264 e. The molecule has 0 unspecified atom stereocenters.